The zero-order chi connectivity index (χ0) is 24.2. The molecule has 1 amide bonds. The topological polar surface area (TPSA) is 94.8 Å². The number of thiophene rings is 1. The Hall–Kier alpha value is -3.63. The van der Waals surface area contributed by atoms with Crippen LogP contribution in [0.1, 0.15) is 15.4 Å². The number of carbonyl (C=O) groups is 1. The average Bonchev–Trinajstić information content (AvgIpc) is 3.42. The standard InChI is InChI=1S/C24H24FN3O5S/c1-14-18-11-21(34-24(18)28(27-14)16-9-7-15(25)8-10-16)23(30)26-12-17(29)13-33-22-19(31-2)5-4-6-20(22)32-3/h4-11,17,29H,12-13H2,1-3H3,(H,26,30). The van der Waals surface area contributed by atoms with Gasteiger partial charge in [-0.05, 0) is 49.4 Å². The number of aliphatic hydroxyl groups is 1. The number of nitrogens with one attached hydrogen (secondary N) is 1. The summed E-state index contributed by atoms with van der Waals surface area (Å²) in [4.78, 5) is 14.0. The molecule has 0 aliphatic carbocycles. The number of carbonyl (C=O) groups excluding carboxylic acids is 1. The van der Waals surface area contributed by atoms with E-state index in [1.165, 1.54) is 37.7 Å². The summed E-state index contributed by atoms with van der Waals surface area (Å²) in [5, 5.41) is 18.4. The Kier molecular flexibility index (Phi) is 6.99. The second kappa shape index (κ2) is 10.1. The molecule has 10 heteroatoms. The minimum Gasteiger partial charge on any atom is -0.493 e. The first-order valence-corrected chi connectivity index (χ1v) is 11.3. The van der Waals surface area contributed by atoms with Gasteiger partial charge in [-0.1, -0.05) is 6.07 Å². The molecule has 2 aromatic heterocycles. The highest BCUT2D eigenvalue weighted by Gasteiger charge is 2.19. The van der Waals surface area contributed by atoms with Crippen molar-refractivity contribution in [3.63, 3.8) is 0 Å². The second-order valence-electron chi connectivity index (χ2n) is 7.47. The minimum atomic E-state index is -0.954. The number of aromatic nitrogens is 2. The molecule has 178 valence electrons. The number of nitrogens with zero attached hydrogens (tertiary/aromatic N) is 2. The number of hydrogen-bond acceptors (Lipinski definition) is 7. The van der Waals surface area contributed by atoms with Crippen LogP contribution in [0.4, 0.5) is 4.39 Å². The highest BCUT2D eigenvalue weighted by atomic mass is 32.1. The van der Waals surface area contributed by atoms with Crippen LogP contribution in [-0.4, -0.2) is 54.3 Å². The zero-order valence-electron chi connectivity index (χ0n) is 18.9. The van der Waals surface area contributed by atoms with Gasteiger partial charge in [-0.3, -0.25) is 4.79 Å². The molecule has 0 fully saturated rings. The van der Waals surface area contributed by atoms with Crippen LogP contribution in [0, 0.1) is 12.7 Å². The van der Waals surface area contributed by atoms with E-state index in [1.54, 1.807) is 41.1 Å². The van der Waals surface area contributed by atoms with E-state index < -0.39 is 6.10 Å². The van der Waals surface area contributed by atoms with Crippen LogP contribution in [0.5, 0.6) is 17.2 Å². The number of rotatable bonds is 9. The quantitative estimate of drug-likeness (QED) is 0.375. The van der Waals surface area contributed by atoms with Crippen molar-refractivity contribution in [2.24, 2.45) is 0 Å². The molecule has 0 saturated carbocycles. The molecular weight excluding hydrogens is 461 g/mol. The van der Waals surface area contributed by atoms with Gasteiger partial charge in [-0.15, -0.1) is 11.3 Å². The third kappa shape index (κ3) is 4.82. The van der Waals surface area contributed by atoms with E-state index in [4.69, 9.17) is 14.2 Å². The molecule has 2 N–H and O–H groups in total. The molecule has 1 atom stereocenters. The number of aryl methyl sites for hydroxylation is 1. The van der Waals surface area contributed by atoms with Crippen molar-refractivity contribution >= 4 is 27.5 Å². The van der Waals surface area contributed by atoms with Gasteiger partial charge in [0.15, 0.2) is 11.5 Å². The number of para-hydroxylation sites is 1. The van der Waals surface area contributed by atoms with E-state index in [2.05, 4.69) is 10.4 Å². The predicted octanol–water partition coefficient (Wildman–Crippen LogP) is 3.72. The Morgan fingerprint density at radius 1 is 1.18 bits per heavy atom. The van der Waals surface area contributed by atoms with Gasteiger partial charge in [0.2, 0.25) is 5.75 Å². The Bertz CT molecular complexity index is 1280. The second-order valence-corrected chi connectivity index (χ2v) is 8.50. The van der Waals surface area contributed by atoms with E-state index in [-0.39, 0.29) is 24.9 Å². The van der Waals surface area contributed by atoms with E-state index in [0.717, 1.165) is 15.9 Å². The van der Waals surface area contributed by atoms with Gasteiger partial charge < -0.3 is 24.6 Å². The first-order chi connectivity index (χ1) is 16.4. The minimum absolute atomic E-state index is 0.00634. The van der Waals surface area contributed by atoms with Crippen LogP contribution in [0.25, 0.3) is 15.9 Å². The molecule has 0 bridgehead atoms. The fraction of sp³-hybridized carbons (Fsp3) is 0.250. The van der Waals surface area contributed by atoms with Crippen molar-refractivity contribution in [2.75, 3.05) is 27.4 Å². The average molecular weight is 486 g/mol. The van der Waals surface area contributed by atoms with Gasteiger partial charge in [0.25, 0.3) is 5.91 Å². The van der Waals surface area contributed by atoms with Gasteiger partial charge >= 0.3 is 0 Å². The molecule has 0 saturated heterocycles. The lowest BCUT2D eigenvalue weighted by Crippen LogP contribution is -2.35. The largest absolute Gasteiger partial charge is 0.493 e. The molecule has 4 rings (SSSR count). The molecule has 1 unspecified atom stereocenters. The molecule has 2 aromatic carbocycles. The molecule has 4 aromatic rings. The summed E-state index contributed by atoms with van der Waals surface area (Å²) < 4.78 is 31.2. The monoisotopic (exact) mass is 485 g/mol. The maximum Gasteiger partial charge on any atom is 0.261 e. The van der Waals surface area contributed by atoms with Crippen LogP contribution in [0.15, 0.2) is 48.5 Å². The van der Waals surface area contributed by atoms with Crippen molar-refractivity contribution < 1.29 is 28.5 Å². The summed E-state index contributed by atoms with van der Waals surface area (Å²) in [6, 6.07) is 13.0. The first kappa shape index (κ1) is 23.5. The molecule has 0 spiro atoms. The summed E-state index contributed by atoms with van der Waals surface area (Å²) in [5.74, 6) is 0.683. The lowest BCUT2D eigenvalue weighted by Gasteiger charge is -2.17. The highest BCUT2D eigenvalue weighted by Crippen LogP contribution is 2.36. The third-order valence-corrected chi connectivity index (χ3v) is 6.25. The number of aliphatic hydroxyl groups excluding tert-OH is 1. The number of methoxy groups -OCH3 is 2. The van der Waals surface area contributed by atoms with Crippen molar-refractivity contribution in [1.82, 2.24) is 15.1 Å². The summed E-state index contributed by atoms with van der Waals surface area (Å²) in [6.45, 7) is 1.78. The Morgan fingerprint density at radius 2 is 1.85 bits per heavy atom. The van der Waals surface area contributed by atoms with E-state index in [9.17, 15) is 14.3 Å². The fourth-order valence-corrected chi connectivity index (χ4v) is 4.51. The smallest absolute Gasteiger partial charge is 0.261 e. The van der Waals surface area contributed by atoms with Gasteiger partial charge in [0.05, 0.1) is 30.5 Å². The normalized spacial score (nSPS) is 11.9. The van der Waals surface area contributed by atoms with Gasteiger partial charge in [-0.25, -0.2) is 9.07 Å². The fourth-order valence-electron chi connectivity index (χ4n) is 3.41. The van der Waals surface area contributed by atoms with Crippen molar-refractivity contribution in [1.29, 1.82) is 0 Å². The summed E-state index contributed by atoms with van der Waals surface area (Å²) in [7, 11) is 3.03. The summed E-state index contributed by atoms with van der Waals surface area (Å²) in [6.07, 6.45) is -0.954. The Labute approximate surface area is 199 Å². The van der Waals surface area contributed by atoms with Gasteiger partial charge in [-0.2, -0.15) is 5.10 Å². The van der Waals surface area contributed by atoms with Crippen molar-refractivity contribution in [3.8, 4) is 22.9 Å². The third-order valence-electron chi connectivity index (χ3n) is 5.14. The van der Waals surface area contributed by atoms with Crippen molar-refractivity contribution in [2.45, 2.75) is 13.0 Å². The molecule has 2 heterocycles. The number of amides is 1. The molecule has 0 radical (unpaired) electrons. The number of hydrogen-bond donors (Lipinski definition) is 2. The Balaban J connectivity index is 1.41. The van der Waals surface area contributed by atoms with Crippen LogP contribution in [-0.2, 0) is 0 Å². The molecular formula is C24H24FN3O5S. The Morgan fingerprint density at radius 3 is 2.50 bits per heavy atom. The lowest BCUT2D eigenvalue weighted by atomic mass is 10.3. The number of fused-ring (bicyclic) bond motifs is 1. The maximum atomic E-state index is 13.3. The maximum absolute atomic E-state index is 13.3. The summed E-state index contributed by atoms with van der Waals surface area (Å²) in [5.41, 5.74) is 1.46. The molecule has 34 heavy (non-hydrogen) atoms. The van der Waals surface area contributed by atoms with Crippen LogP contribution in [0.2, 0.25) is 0 Å². The van der Waals surface area contributed by atoms with Crippen LogP contribution >= 0.6 is 11.3 Å². The van der Waals surface area contributed by atoms with Gasteiger partial charge in [0, 0.05) is 11.9 Å². The number of ether oxygens (including phenoxy) is 3. The molecule has 0 aliphatic heterocycles. The highest BCUT2D eigenvalue weighted by molar-refractivity contribution is 7.20. The van der Waals surface area contributed by atoms with Gasteiger partial charge in [0.1, 0.15) is 23.4 Å². The first-order valence-electron chi connectivity index (χ1n) is 10.5. The summed E-state index contributed by atoms with van der Waals surface area (Å²) >= 11 is 1.27. The molecule has 8 nitrogen and oxygen atoms in total. The van der Waals surface area contributed by atoms with E-state index in [0.29, 0.717) is 27.8 Å². The van der Waals surface area contributed by atoms with E-state index >= 15 is 0 Å². The molecule has 0 aliphatic rings. The van der Waals surface area contributed by atoms with Crippen LogP contribution < -0.4 is 19.5 Å². The number of halogens is 1. The predicted molar refractivity (Wildman–Crippen MR) is 127 cm³/mol. The SMILES string of the molecule is COc1cccc(OC)c1OCC(O)CNC(=O)c1cc2c(C)nn(-c3ccc(F)cc3)c2s1. The van der Waals surface area contributed by atoms with Crippen molar-refractivity contribution in [3.05, 3.63) is 64.9 Å². The number of benzene rings is 2. The lowest BCUT2D eigenvalue weighted by molar-refractivity contribution is 0.0837. The van der Waals surface area contributed by atoms with Crippen LogP contribution in [0.3, 0.4) is 0 Å². The van der Waals surface area contributed by atoms with E-state index in [1.807, 2.05) is 6.92 Å². The zero-order valence-corrected chi connectivity index (χ0v) is 19.7.